The topological polar surface area (TPSA) is 214 Å². The zero-order valence-electron chi connectivity index (χ0n) is 50.2. The summed E-state index contributed by atoms with van der Waals surface area (Å²) in [5, 5.41) is 23.6. The normalized spacial score (nSPS) is 24.3. The number of hydrogen-bond acceptors (Lipinski definition) is 10. The first kappa shape index (κ1) is 63.6. The van der Waals surface area contributed by atoms with Crippen molar-refractivity contribution in [3.05, 3.63) is 58.4 Å². The van der Waals surface area contributed by atoms with Crippen molar-refractivity contribution >= 4 is 65.2 Å². The second-order valence-electron chi connectivity index (χ2n) is 28.2. The summed E-state index contributed by atoms with van der Waals surface area (Å²) < 4.78 is 13.7. The van der Waals surface area contributed by atoms with E-state index in [-0.39, 0.29) is 86.4 Å². The fourth-order valence-electron chi connectivity index (χ4n) is 11.8. The Labute approximate surface area is 470 Å². The van der Waals surface area contributed by atoms with Gasteiger partial charge < -0.3 is 35.3 Å². The third kappa shape index (κ3) is 16.2. The molecule has 5 atom stereocenters. The Morgan fingerprint density at radius 2 is 1.19 bits per heavy atom. The number of rotatable bonds is 17. The molecule has 5 rings (SSSR count). The number of unbranched alkanes of at least 4 members (excludes halogenated alkanes) is 2. The number of H-pyrrole nitrogens is 1. The molecule has 0 radical (unpaired) electrons. The number of hydrogen-bond donors (Lipinski definition) is 5. The molecule has 2 aromatic rings. The van der Waals surface area contributed by atoms with Gasteiger partial charge in [-0.2, -0.15) is 0 Å². The summed E-state index contributed by atoms with van der Waals surface area (Å²) >= 11 is 1.07. The maximum absolute atomic E-state index is 15.5. The molecule has 1 aromatic carbocycles. The lowest BCUT2D eigenvalue weighted by molar-refractivity contribution is -0.164. The van der Waals surface area contributed by atoms with Crippen LogP contribution in [0.4, 0.5) is 5.82 Å². The quantitative estimate of drug-likeness (QED) is 0.0742. The van der Waals surface area contributed by atoms with Crippen molar-refractivity contribution in [2.75, 3.05) is 11.1 Å². The number of benzene rings is 1. The fraction of sp³-hybridized carbons (Fsp3) is 0.667. The van der Waals surface area contributed by atoms with Gasteiger partial charge in [-0.25, -0.2) is 14.6 Å². The van der Waals surface area contributed by atoms with Crippen LogP contribution in [0.2, 0.25) is 0 Å². The van der Waals surface area contributed by atoms with Gasteiger partial charge in [0.1, 0.15) is 40.2 Å². The number of carbonyl (C=O) groups excluding carboxylic acids is 4. The Morgan fingerprint density at radius 1 is 0.705 bits per heavy atom. The molecule has 5 N–H and O–H groups in total. The number of amidine groups is 1. The van der Waals surface area contributed by atoms with E-state index in [4.69, 9.17) is 19.6 Å². The van der Waals surface area contributed by atoms with Gasteiger partial charge in [0.2, 0.25) is 11.8 Å². The van der Waals surface area contributed by atoms with Crippen LogP contribution >= 0.6 is 11.8 Å². The van der Waals surface area contributed by atoms with Gasteiger partial charge in [-0.05, 0) is 102 Å². The highest BCUT2D eigenvalue weighted by atomic mass is 32.2. The standard InChI is InChI=1S/C63H94N4O10S/c1-35-29-39(59(4,5)6)51(40(30-35)60(7,8)9)76-56(73)48-37(3)43(64-53(48)67-58(75)63(16,17)18)33-44-49(38-25-21-19-22-26-38)50(57(74)77-52-41(61(10,11)12)31-36(2)32-42(52)62(13,14)15)54(65-44)66-46(68)27-23-20-24-28-78-45(55(71)72)34-47(69)70/h19,21-22,25-26,33,35-36,39-42,45,51-52,65H,20,23-24,27-32,34H2,1-18H3,(H,66,68)(H,69,70)(H,71,72)(H,64,67,75). The highest BCUT2D eigenvalue weighted by molar-refractivity contribution is 8.00. The monoisotopic (exact) mass is 1100 g/mol. The number of aliphatic carboxylic acids is 2. The first-order valence-corrected chi connectivity index (χ1v) is 29.4. The average molecular weight is 1100 g/mol. The van der Waals surface area contributed by atoms with E-state index in [1.807, 2.05) is 30.3 Å². The van der Waals surface area contributed by atoms with E-state index in [9.17, 15) is 24.3 Å². The van der Waals surface area contributed by atoms with Gasteiger partial charge in [0.15, 0.2) is 0 Å². The second kappa shape index (κ2) is 25.1. The predicted octanol–water partition coefficient (Wildman–Crippen LogP) is 14.0. The molecule has 2 fully saturated rings. The lowest BCUT2D eigenvalue weighted by Crippen LogP contribution is -2.50. The van der Waals surface area contributed by atoms with Gasteiger partial charge in [-0.15, -0.1) is 11.8 Å². The molecule has 5 unspecified atom stereocenters. The van der Waals surface area contributed by atoms with Crippen LogP contribution in [-0.4, -0.2) is 79.9 Å². The van der Waals surface area contributed by atoms with Crippen LogP contribution in [-0.2, 0) is 33.4 Å². The van der Waals surface area contributed by atoms with Crippen molar-refractivity contribution < 1.29 is 48.5 Å². The van der Waals surface area contributed by atoms with E-state index in [1.54, 1.807) is 33.8 Å². The predicted molar refractivity (Wildman–Crippen MR) is 313 cm³/mol. The number of nitrogens with zero attached hydrogens (tertiary/aromatic N) is 1. The number of amides is 2. The molecule has 78 heavy (non-hydrogen) atoms. The van der Waals surface area contributed by atoms with Gasteiger partial charge >= 0.3 is 23.9 Å². The largest absolute Gasteiger partial charge is 0.481 e. The van der Waals surface area contributed by atoms with E-state index in [0.29, 0.717) is 64.9 Å². The zero-order valence-corrected chi connectivity index (χ0v) is 51.1. The van der Waals surface area contributed by atoms with Crippen molar-refractivity contribution in [2.45, 2.75) is 200 Å². The zero-order chi connectivity index (χ0) is 58.6. The van der Waals surface area contributed by atoms with Crippen LogP contribution in [0.15, 0.2) is 52.2 Å². The van der Waals surface area contributed by atoms with Crippen LogP contribution in [0.3, 0.4) is 0 Å². The minimum absolute atomic E-state index is 0.0242. The summed E-state index contributed by atoms with van der Waals surface area (Å²) in [5.41, 5.74) is 0.986. The van der Waals surface area contributed by atoms with E-state index >= 15 is 9.59 Å². The van der Waals surface area contributed by atoms with Gasteiger partial charge in [-0.3, -0.25) is 19.2 Å². The molecule has 432 valence electrons. The molecule has 3 aliphatic rings. The first-order valence-electron chi connectivity index (χ1n) is 28.3. The number of carboxylic acids is 2. The molecule has 15 heteroatoms. The molecule has 2 heterocycles. The number of aromatic amines is 1. The molecule has 1 aliphatic heterocycles. The Bertz CT molecular complexity index is 2560. The Morgan fingerprint density at radius 3 is 1.64 bits per heavy atom. The molecular formula is C63H94N4O10S. The maximum Gasteiger partial charge on any atom is 0.342 e. The minimum atomic E-state index is -1.18. The first-order chi connectivity index (χ1) is 35.9. The summed E-state index contributed by atoms with van der Waals surface area (Å²) in [4.78, 5) is 89.8. The molecule has 2 amide bonds. The molecule has 0 bridgehead atoms. The smallest absolute Gasteiger partial charge is 0.342 e. The number of carbonyl (C=O) groups is 6. The number of aromatic nitrogens is 1. The average Bonchev–Trinajstić information content (AvgIpc) is 3.82. The van der Waals surface area contributed by atoms with Crippen LogP contribution in [0.5, 0.6) is 0 Å². The number of carboxylic acid groups (broad SMARTS) is 2. The molecule has 0 saturated heterocycles. The Hall–Kier alpha value is -5.18. The van der Waals surface area contributed by atoms with Gasteiger partial charge in [0.25, 0.3) is 0 Å². The van der Waals surface area contributed by atoms with E-state index < -0.39 is 53.2 Å². The van der Waals surface area contributed by atoms with Crippen molar-refractivity contribution in [3.8, 4) is 11.1 Å². The molecular weight excluding hydrogens is 1000 g/mol. The minimum Gasteiger partial charge on any atom is -0.481 e. The summed E-state index contributed by atoms with van der Waals surface area (Å²) in [5.74, 6) is -2.63. The molecule has 14 nitrogen and oxygen atoms in total. The second-order valence-corrected chi connectivity index (χ2v) is 29.5. The maximum atomic E-state index is 15.5. The molecule has 2 saturated carbocycles. The lowest BCUT2D eigenvalue weighted by Gasteiger charge is -2.50. The van der Waals surface area contributed by atoms with Gasteiger partial charge in [0.05, 0.1) is 17.8 Å². The van der Waals surface area contributed by atoms with E-state index in [0.717, 1.165) is 37.4 Å². The summed E-state index contributed by atoms with van der Waals surface area (Å²) in [6, 6.07) is 9.39. The molecule has 1 aromatic heterocycles. The van der Waals surface area contributed by atoms with Crippen LogP contribution < -0.4 is 10.6 Å². The van der Waals surface area contributed by atoms with E-state index in [2.05, 4.69) is 113 Å². The number of thioether (sulfide) groups is 1. The van der Waals surface area contributed by atoms with Gasteiger partial charge in [0, 0.05) is 41.1 Å². The molecule has 0 spiro atoms. The van der Waals surface area contributed by atoms with Crippen molar-refractivity contribution in [3.63, 3.8) is 0 Å². The number of nitrogens with one attached hydrogen (secondary N) is 3. The summed E-state index contributed by atoms with van der Waals surface area (Å²) in [6.45, 7) is 38.0. The van der Waals surface area contributed by atoms with Crippen LogP contribution in [0.1, 0.15) is 198 Å². The van der Waals surface area contributed by atoms with E-state index in [1.165, 1.54) is 0 Å². The number of esters is 2. The summed E-state index contributed by atoms with van der Waals surface area (Å²) in [7, 11) is 0. The van der Waals surface area contributed by atoms with Gasteiger partial charge in [-0.1, -0.05) is 154 Å². The number of anilines is 1. The fourth-order valence-corrected chi connectivity index (χ4v) is 12.8. The number of ether oxygens (including phenoxy) is 2. The van der Waals surface area contributed by atoms with Crippen molar-refractivity contribution in [2.24, 2.45) is 67.6 Å². The highest BCUT2D eigenvalue weighted by Crippen LogP contribution is 2.52. The van der Waals surface area contributed by atoms with Crippen molar-refractivity contribution in [1.82, 2.24) is 10.3 Å². The highest BCUT2D eigenvalue weighted by Gasteiger charge is 2.50. The Balaban J connectivity index is 1.67. The van der Waals surface area contributed by atoms with Crippen LogP contribution in [0.25, 0.3) is 17.2 Å². The Kier molecular flexibility index (Phi) is 20.5. The lowest BCUT2D eigenvalue weighted by atomic mass is 9.59. The third-order valence-corrected chi connectivity index (χ3v) is 17.6. The summed E-state index contributed by atoms with van der Waals surface area (Å²) in [6.07, 6.45) is 5.60. The SMILES string of the molecule is CC1=C(C(=O)OC2C(C(C)(C)C)CC(C)CC2C(C)(C)C)C(NC(=O)C(C)(C)C)=NC1=Cc1[nH]c(NC(=O)CCCCCSC(CC(=O)O)C(=O)O)c(C(=O)OC2C(C(C)(C)C)CC(C)CC2C(C)(C)C)c1-c1ccccc1. The third-order valence-electron chi connectivity index (χ3n) is 16.3. The van der Waals surface area contributed by atoms with Crippen LogP contribution in [0, 0.1) is 62.6 Å². The molecule has 2 aliphatic carbocycles. The number of allylic oxidation sites excluding steroid dienone is 1. The van der Waals surface area contributed by atoms with Crippen molar-refractivity contribution in [1.29, 1.82) is 0 Å². The number of aliphatic imine (C=N–C) groups is 1.